The van der Waals surface area contributed by atoms with Gasteiger partial charge in [0.25, 0.3) is 5.91 Å². The van der Waals surface area contributed by atoms with E-state index in [0.717, 1.165) is 17.0 Å². The van der Waals surface area contributed by atoms with Gasteiger partial charge in [-0.15, -0.1) is 0 Å². The fourth-order valence-corrected chi connectivity index (χ4v) is 3.54. The molecule has 0 atom stereocenters. The zero-order valence-electron chi connectivity index (χ0n) is 20.3. The third-order valence-corrected chi connectivity index (χ3v) is 5.30. The Morgan fingerprint density at radius 2 is 1.81 bits per heavy atom. The average molecular weight is 486 g/mol. The van der Waals surface area contributed by atoms with Crippen LogP contribution in [0.2, 0.25) is 0 Å². The average Bonchev–Trinajstić information content (AvgIpc) is 3.54. The Kier molecular flexibility index (Phi) is 7.60. The number of aromatic nitrogens is 4. The zero-order valence-corrected chi connectivity index (χ0v) is 20.3. The predicted octanol–water partition coefficient (Wildman–Crippen LogP) is 4.52. The van der Waals surface area contributed by atoms with Gasteiger partial charge in [-0.2, -0.15) is 10.2 Å². The molecule has 9 heteroatoms. The maximum absolute atomic E-state index is 12.4. The van der Waals surface area contributed by atoms with E-state index in [1.165, 1.54) is 6.08 Å². The van der Waals surface area contributed by atoms with Gasteiger partial charge in [0.05, 0.1) is 24.7 Å². The van der Waals surface area contributed by atoms with Crippen LogP contribution in [-0.2, 0) is 14.3 Å². The van der Waals surface area contributed by atoms with Crippen LogP contribution in [0.4, 0.5) is 5.82 Å². The van der Waals surface area contributed by atoms with E-state index in [1.54, 1.807) is 34.8 Å². The number of hydrogen-bond donors (Lipinski definition) is 1. The number of ether oxygens (including phenoxy) is 2. The van der Waals surface area contributed by atoms with Crippen LogP contribution in [0.25, 0.3) is 23.0 Å². The van der Waals surface area contributed by atoms with Gasteiger partial charge in [-0.3, -0.25) is 4.79 Å². The van der Waals surface area contributed by atoms with Crippen LogP contribution in [0.1, 0.15) is 25.5 Å². The molecule has 0 aliphatic heterocycles. The van der Waals surface area contributed by atoms with Crippen LogP contribution >= 0.6 is 0 Å². The summed E-state index contributed by atoms with van der Waals surface area (Å²) in [7, 11) is 1.61. The number of para-hydroxylation sites is 1. The molecule has 0 aliphatic rings. The summed E-state index contributed by atoms with van der Waals surface area (Å²) in [4.78, 5) is 24.6. The van der Waals surface area contributed by atoms with Gasteiger partial charge in [0.1, 0.15) is 11.6 Å². The van der Waals surface area contributed by atoms with Gasteiger partial charge in [-0.05, 0) is 56.3 Å². The number of anilines is 1. The lowest BCUT2D eigenvalue weighted by Gasteiger charge is -2.11. The first kappa shape index (κ1) is 24.5. The summed E-state index contributed by atoms with van der Waals surface area (Å²) in [5, 5.41) is 11.6. The molecule has 0 bridgehead atoms. The van der Waals surface area contributed by atoms with E-state index in [4.69, 9.17) is 14.6 Å². The maximum Gasteiger partial charge on any atom is 0.331 e. The van der Waals surface area contributed by atoms with E-state index in [-0.39, 0.29) is 6.04 Å². The minimum Gasteiger partial charge on any atom is -0.497 e. The number of esters is 1. The third-order valence-electron chi connectivity index (χ3n) is 5.30. The van der Waals surface area contributed by atoms with Gasteiger partial charge < -0.3 is 14.8 Å². The monoisotopic (exact) mass is 485 g/mol. The Balaban J connectivity index is 1.47. The van der Waals surface area contributed by atoms with Crippen molar-refractivity contribution in [2.75, 3.05) is 19.0 Å². The molecule has 9 nitrogen and oxygen atoms in total. The normalized spacial score (nSPS) is 11.1. The molecule has 2 aromatic heterocycles. The minimum absolute atomic E-state index is 0.0810. The van der Waals surface area contributed by atoms with Crippen LogP contribution in [-0.4, -0.2) is 45.2 Å². The fraction of sp³-hybridized carbons (Fsp3) is 0.185. The van der Waals surface area contributed by atoms with Crippen molar-refractivity contribution >= 4 is 23.8 Å². The second kappa shape index (κ2) is 11.2. The van der Waals surface area contributed by atoms with Crippen molar-refractivity contribution in [2.45, 2.75) is 19.9 Å². The van der Waals surface area contributed by atoms with Gasteiger partial charge in [-0.25, -0.2) is 14.2 Å². The molecular formula is C27H27N5O4. The molecule has 184 valence electrons. The number of rotatable bonds is 9. The highest BCUT2D eigenvalue weighted by atomic mass is 16.5. The number of amides is 1. The second-order valence-corrected chi connectivity index (χ2v) is 8.19. The van der Waals surface area contributed by atoms with Gasteiger partial charge in [0.2, 0.25) is 0 Å². The predicted molar refractivity (Wildman–Crippen MR) is 137 cm³/mol. The third kappa shape index (κ3) is 5.87. The summed E-state index contributed by atoms with van der Waals surface area (Å²) in [5.74, 6) is 0.182. The van der Waals surface area contributed by atoms with Crippen molar-refractivity contribution in [1.82, 2.24) is 19.6 Å². The summed E-state index contributed by atoms with van der Waals surface area (Å²) in [6.45, 7) is 3.49. The Bertz CT molecular complexity index is 1350. The topological polar surface area (TPSA) is 100 Å². The molecule has 1 amide bonds. The first-order valence-corrected chi connectivity index (χ1v) is 11.4. The van der Waals surface area contributed by atoms with Crippen LogP contribution < -0.4 is 10.1 Å². The van der Waals surface area contributed by atoms with Gasteiger partial charge >= 0.3 is 5.97 Å². The maximum atomic E-state index is 12.4. The van der Waals surface area contributed by atoms with E-state index in [0.29, 0.717) is 17.1 Å². The number of nitrogens with one attached hydrogen (secondary N) is 1. The SMILES string of the molecule is COc1ccc(-c2nn(-c3ccccc3)cc2/C=C/C(=O)OCC(=O)Nc2ccnn2C(C)C)cc1. The Labute approximate surface area is 209 Å². The molecule has 1 N–H and O–H groups in total. The fourth-order valence-electron chi connectivity index (χ4n) is 3.54. The molecule has 4 rings (SSSR count). The Morgan fingerprint density at radius 3 is 2.50 bits per heavy atom. The largest absolute Gasteiger partial charge is 0.497 e. The molecule has 4 aromatic rings. The molecule has 2 aromatic carbocycles. The standard InChI is InChI=1S/C27H27N5O4/c1-19(2)32-24(15-16-28-32)29-25(33)18-36-26(34)14-11-21-17-31(22-7-5-4-6-8-22)30-27(21)20-9-12-23(35-3)13-10-20/h4-17,19H,18H2,1-3H3,(H,29,33)/b14-11+. The lowest BCUT2D eigenvalue weighted by Crippen LogP contribution is -2.22. The number of benzene rings is 2. The first-order valence-electron chi connectivity index (χ1n) is 11.4. The van der Waals surface area contributed by atoms with Crippen molar-refractivity contribution in [1.29, 1.82) is 0 Å². The molecule has 2 heterocycles. The number of nitrogens with zero attached hydrogens (tertiary/aromatic N) is 4. The molecule has 0 spiro atoms. The van der Waals surface area contributed by atoms with Crippen LogP contribution in [0, 0.1) is 0 Å². The lowest BCUT2D eigenvalue weighted by molar-refractivity contribution is -0.142. The zero-order chi connectivity index (χ0) is 25.5. The van der Waals surface area contributed by atoms with Crippen molar-refractivity contribution in [3.05, 3.63) is 84.7 Å². The number of carbonyl (C=O) groups is 2. The molecule has 0 aliphatic carbocycles. The minimum atomic E-state index is -0.643. The van der Waals surface area contributed by atoms with Crippen molar-refractivity contribution in [3.8, 4) is 22.7 Å². The Morgan fingerprint density at radius 1 is 1.06 bits per heavy atom. The molecule has 0 saturated carbocycles. The first-order chi connectivity index (χ1) is 17.4. The molecule has 0 fully saturated rings. The van der Waals surface area contributed by atoms with Crippen LogP contribution in [0.15, 0.2) is 79.1 Å². The number of methoxy groups -OCH3 is 1. The highest BCUT2D eigenvalue weighted by molar-refractivity contribution is 5.94. The molecular weight excluding hydrogens is 458 g/mol. The smallest absolute Gasteiger partial charge is 0.331 e. The summed E-state index contributed by atoms with van der Waals surface area (Å²) < 4.78 is 13.8. The van der Waals surface area contributed by atoms with Gasteiger partial charge in [-0.1, -0.05) is 18.2 Å². The number of hydrogen-bond acceptors (Lipinski definition) is 6. The summed E-state index contributed by atoms with van der Waals surface area (Å²) >= 11 is 0. The van der Waals surface area contributed by atoms with E-state index >= 15 is 0 Å². The molecule has 0 saturated heterocycles. The summed E-state index contributed by atoms with van der Waals surface area (Å²) in [5.41, 5.74) is 3.14. The quantitative estimate of drug-likeness (QED) is 0.276. The lowest BCUT2D eigenvalue weighted by atomic mass is 10.1. The number of carbonyl (C=O) groups excluding carboxylic acids is 2. The molecule has 0 unspecified atom stereocenters. The van der Waals surface area contributed by atoms with Gasteiger partial charge in [0.15, 0.2) is 6.61 Å². The van der Waals surface area contributed by atoms with Crippen molar-refractivity contribution < 1.29 is 19.1 Å². The van der Waals surface area contributed by atoms with E-state index in [1.807, 2.05) is 74.6 Å². The van der Waals surface area contributed by atoms with Crippen molar-refractivity contribution in [2.24, 2.45) is 0 Å². The summed E-state index contributed by atoms with van der Waals surface area (Å²) in [6, 6.07) is 18.9. The summed E-state index contributed by atoms with van der Waals surface area (Å²) in [6.07, 6.45) is 6.34. The van der Waals surface area contributed by atoms with Crippen LogP contribution in [0.5, 0.6) is 5.75 Å². The van der Waals surface area contributed by atoms with Crippen LogP contribution in [0.3, 0.4) is 0 Å². The van der Waals surface area contributed by atoms with Gasteiger partial charge in [0, 0.05) is 35.5 Å². The van der Waals surface area contributed by atoms with Crippen molar-refractivity contribution in [3.63, 3.8) is 0 Å². The van der Waals surface area contributed by atoms with E-state index in [9.17, 15) is 9.59 Å². The van der Waals surface area contributed by atoms with E-state index < -0.39 is 18.5 Å². The highest BCUT2D eigenvalue weighted by Gasteiger charge is 2.13. The van der Waals surface area contributed by atoms with E-state index in [2.05, 4.69) is 10.4 Å². The molecule has 0 radical (unpaired) electrons. The Hall–Kier alpha value is -4.66. The second-order valence-electron chi connectivity index (χ2n) is 8.19. The highest BCUT2D eigenvalue weighted by Crippen LogP contribution is 2.26. The molecule has 36 heavy (non-hydrogen) atoms.